The summed E-state index contributed by atoms with van der Waals surface area (Å²) in [6.07, 6.45) is 13.4. The maximum Gasteiger partial charge on any atom is 0.0159 e. The van der Waals surface area contributed by atoms with Gasteiger partial charge in [0.15, 0.2) is 0 Å². The minimum Gasteiger partial charge on any atom is -0.102 e. The Morgan fingerprint density at radius 3 is 2.36 bits per heavy atom. The molecule has 1 heteroatoms. The van der Waals surface area contributed by atoms with Crippen LogP contribution in [0.15, 0.2) is 79.4 Å². The number of fused-ring (bicyclic) bond motifs is 3. The van der Waals surface area contributed by atoms with Crippen molar-refractivity contribution in [3.05, 3.63) is 99.7 Å². The first kappa shape index (κ1) is 19.4. The summed E-state index contributed by atoms with van der Waals surface area (Å²) in [6.45, 7) is 13.1. The van der Waals surface area contributed by atoms with Crippen LogP contribution in [0.4, 0.5) is 0 Å². The number of allylic oxidation sites excluding steroid dienone is 7. The first-order chi connectivity index (χ1) is 13.3. The Morgan fingerprint density at radius 1 is 1.00 bits per heavy atom. The highest BCUT2D eigenvalue weighted by atomic mass is 127. The van der Waals surface area contributed by atoms with Gasteiger partial charge >= 0.3 is 0 Å². The molecule has 0 aromatic heterocycles. The highest BCUT2D eigenvalue weighted by molar-refractivity contribution is 14.1. The molecule has 0 aliphatic heterocycles. The lowest BCUT2D eigenvalue weighted by molar-refractivity contribution is 0.459. The van der Waals surface area contributed by atoms with Gasteiger partial charge in [-0.1, -0.05) is 75.4 Å². The van der Waals surface area contributed by atoms with Crippen LogP contribution < -0.4 is 0 Å². The molecule has 2 aliphatic carbocycles. The molecule has 0 radical (unpaired) electrons. The molecular weight excluding hydrogens is 451 g/mol. The Labute approximate surface area is 182 Å². The molecule has 0 nitrogen and oxygen atoms in total. The Balaban J connectivity index is 1.83. The monoisotopic (exact) mass is 478 g/mol. The summed E-state index contributed by atoms with van der Waals surface area (Å²) < 4.78 is 1.30. The summed E-state index contributed by atoms with van der Waals surface area (Å²) in [4.78, 5) is 0. The summed E-state index contributed by atoms with van der Waals surface area (Å²) in [5.74, 6) is 0.324. The number of benzene rings is 2. The van der Waals surface area contributed by atoms with Crippen molar-refractivity contribution in [2.24, 2.45) is 11.3 Å². The molecule has 0 bridgehead atoms. The van der Waals surface area contributed by atoms with E-state index in [2.05, 4.69) is 124 Å². The zero-order valence-electron chi connectivity index (χ0n) is 17.1. The van der Waals surface area contributed by atoms with E-state index in [1.807, 2.05) is 6.08 Å². The summed E-state index contributed by atoms with van der Waals surface area (Å²) in [6, 6.07) is 13.8. The zero-order valence-corrected chi connectivity index (χ0v) is 19.2. The van der Waals surface area contributed by atoms with Gasteiger partial charge in [-0.05, 0) is 81.1 Å². The molecule has 0 fully saturated rings. The fourth-order valence-corrected chi connectivity index (χ4v) is 5.30. The van der Waals surface area contributed by atoms with Gasteiger partial charge in [-0.15, -0.1) is 6.58 Å². The second kappa shape index (κ2) is 6.88. The van der Waals surface area contributed by atoms with Crippen LogP contribution in [-0.4, -0.2) is 0 Å². The van der Waals surface area contributed by atoms with Crippen molar-refractivity contribution in [3.8, 4) is 11.1 Å². The molecule has 2 aromatic rings. The van der Waals surface area contributed by atoms with Gasteiger partial charge in [-0.2, -0.15) is 0 Å². The summed E-state index contributed by atoms with van der Waals surface area (Å²) in [5.41, 5.74) is 8.20. The molecule has 0 saturated heterocycles. The molecule has 2 aromatic carbocycles. The Kier molecular flexibility index (Phi) is 4.78. The van der Waals surface area contributed by atoms with Crippen molar-refractivity contribution in [2.75, 3.05) is 0 Å². The molecule has 0 amide bonds. The van der Waals surface area contributed by atoms with Gasteiger partial charge in [0.25, 0.3) is 0 Å². The van der Waals surface area contributed by atoms with E-state index >= 15 is 0 Å². The summed E-state index contributed by atoms with van der Waals surface area (Å²) in [7, 11) is 0. The highest BCUT2D eigenvalue weighted by Gasteiger charge is 2.36. The van der Waals surface area contributed by atoms with Crippen LogP contribution in [0.2, 0.25) is 0 Å². The minimum atomic E-state index is -0.0335. The fraction of sp³-hybridized carbons (Fsp3) is 0.259. The molecule has 142 valence electrons. The summed E-state index contributed by atoms with van der Waals surface area (Å²) >= 11 is 2.42. The number of hydrogen-bond acceptors (Lipinski definition) is 0. The van der Waals surface area contributed by atoms with Crippen LogP contribution in [0, 0.1) is 14.9 Å². The maximum absolute atomic E-state index is 4.04. The average Bonchev–Trinajstić information content (AvgIpc) is 2.88. The Morgan fingerprint density at radius 2 is 1.68 bits per heavy atom. The van der Waals surface area contributed by atoms with E-state index in [9.17, 15) is 0 Å². The van der Waals surface area contributed by atoms with Crippen molar-refractivity contribution in [3.63, 3.8) is 0 Å². The van der Waals surface area contributed by atoms with Crippen molar-refractivity contribution in [1.82, 2.24) is 0 Å². The normalized spacial score (nSPS) is 24.8. The van der Waals surface area contributed by atoms with Gasteiger partial charge in [0, 0.05) is 20.3 Å². The van der Waals surface area contributed by atoms with E-state index in [-0.39, 0.29) is 10.8 Å². The first-order valence-electron chi connectivity index (χ1n) is 9.93. The lowest BCUT2D eigenvalue weighted by atomic mass is 9.71. The summed E-state index contributed by atoms with van der Waals surface area (Å²) in [5, 5.41) is 0. The molecule has 0 N–H and O–H groups in total. The standard InChI is InChI=1S/C27H27I/c1-6-14-27(5)17-19(8-10-20(27)7-2)18-9-12-22-23-13-11-21(28)16-25(23)26(3,4)24(22)15-18/h6-17,20H,2H2,1,3-5H3/b14-6-. The quantitative estimate of drug-likeness (QED) is 0.310. The molecule has 0 heterocycles. The molecular formula is C27H27I. The second-order valence-corrected chi connectivity index (χ2v) is 9.91. The van der Waals surface area contributed by atoms with E-state index in [0.717, 1.165) is 0 Å². The smallest absolute Gasteiger partial charge is 0.0159 e. The van der Waals surface area contributed by atoms with Crippen LogP contribution in [0.5, 0.6) is 0 Å². The van der Waals surface area contributed by atoms with Crippen molar-refractivity contribution < 1.29 is 0 Å². The topological polar surface area (TPSA) is 0 Å². The number of hydrogen-bond donors (Lipinski definition) is 0. The van der Waals surface area contributed by atoms with E-state index in [1.165, 1.54) is 37.0 Å². The largest absolute Gasteiger partial charge is 0.102 e. The molecule has 0 saturated carbocycles. The van der Waals surface area contributed by atoms with Crippen LogP contribution in [0.3, 0.4) is 0 Å². The van der Waals surface area contributed by atoms with Gasteiger partial charge < -0.3 is 0 Å². The predicted octanol–water partition coefficient (Wildman–Crippen LogP) is 7.94. The third kappa shape index (κ3) is 2.95. The Hall–Kier alpha value is -1.87. The highest BCUT2D eigenvalue weighted by Crippen LogP contribution is 2.50. The second-order valence-electron chi connectivity index (χ2n) is 8.66. The van der Waals surface area contributed by atoms with Crippen molar-refractivity contribution >= 4 is 28.2 Å². The fourth-order valence-electron chi connectivity index (χ4n) is 4.81. The maximum atomic E-state index is 4.04. The molecule has 28 heavy (non-hydrogen) atoms. The van der Waals surface area contributed by atoms with Crippen LogP contribution in [-0.2, 0) is 5.41 Å². The lowest BCUT2D eigenvalue weighted by Gasteiger charge is -2.32. The predicted molar refractivity (Wildman–Crippen MR) is 130 cm³/mol. The van der Waals surface area contributed by atoms with Crippen LogP contribution in [0.25, 0.3) is 16.7 Å². The van der Waals surface area contributed by atoms with Gasteiger partial charge in [0.2, 0.25) is 0 Å². The van der Waals surface area contributed by atoms with Crippen molar-refractivity contribution in [1.29, 1.82) is 0 Å². The molecule has 2 unspecified atom stereocenters. The average molecular weight is 478 g/mol. The van der Waals surface area contributed by atoms with Gasteiger partial charge in [-0.25, -0.2) is 0 Å². The third-order valence-electron chi connectivity index (χ3n) is 6.42. The van der Waals surface area contributed by atoms with E-state index < -0.39 is 0 Å². The SMILES string of the molecule is C=CC1C=CC(c2ccc3c(c2)C(C)(C)c2cc(I)ccc2-3)=CC1(C)/C=C\C. The van der Waals surface area contributed by atoms with Crippen molar-refractivity contribution in [2.45, 2.75) is 33.1 Å². The molecule has 2 atom stereocenters. The molecule has 2 aliphatic rings. The van der Waals surface area contributed by atoms with Gasteiger partial charge in [0.05, 0.1) is 0 Å². The number of rotatable bonds is 3. The third-order valence-corrected chi connectivity index (χ3v) is 7.09. The number of halogens is 1. The molecule has 4 rings (SSSR count). The van der Waals surface area contributed by atoms with E-state index in [1.54, 1.807) is 0 Å². The van der Waals surface area contributed by atoms with E-state index in [0.29, 0.717) is 5.92 Å². The van der Waals surface area contributed by atoms with Gasteiger partial charge in [0.1, 0.15) is 0 Å². The first-order valence-corrected chi connectivity index (χ1v) is 11.0. The van der Waals surface area contributed by atoms with Crippen LogP contribution >= 0.6 is 22.6 Å². The minimum absolute atomic E-state index is 0.0249. The molecule has 0 spiro atoms. The lowest BCUT2D eigenvalue weighted by Crippen LogP contribution is -2.22. The van der Waals surface area contributed by atoms with E-state index in [4.69, 9.17) is 0 Å². The van der Waals surface area contributed by atoms with Gasteiger partial charge in [-0.3, -0.25) is 0 Å². The van der Waals surface area contributed by atoms with Crippen LogP contribution in [0.1, 0.15) is 44.4 Å². The Bertz CT molecular complexity index is 1050. The zero-order chi connectivity index (χ0) is 20.1.